The van der Waals surface area contributed by atoms with Crippen molar-refractivity contribution >= 4 is 36.1 Å². The first kappa shape index (κ1) is 7.34. The maximum atomic E-state index is 10.8. The number of hydrogen-bond donors (Lipinski definition) is 0. The van der Waals surface area contributed by atoms with Crippen LogP contribution in [0.5, 0.6) is 0 Å². The summed E-state index contributed by atoms with van der Waals surface area (Å²) in [6.07, 6.45) is 0. The Hall–Kier alpha value is 1.34. The molecule has 0 saturated heterocycles. The predicted molar refractivity (Wildman–Crippen MR) is 25.8 cm³/mol. The SMILES string of the molecule is F[C](F)(F)[Sb][I]. The molecule has 0 aliphatic carbocycles. The number of rotatable bonds is 0. The maximum absolute atomic E-state index is 10.8. The summed E-state index contributed by atoms with van der Waals surface area (Å²) in [5.74, 6) is 0. The molecule has 0 amide bonds. The average molecular weight is 318 g/mol. The van der Waals surface area contributed by atoms with Crippen molar-refractivity contribution in [2.75, 3.05) is 0 Å². The molecule has 0 fully saturated rings. The van der Waals surface area contributed by atoms with E-state index in [0.29, 0.717) is 0 Å². The minimum absolute atomic E-state index is 1.42. The van der Waals surface area contributed by atoms with Gasteiger partial charge in [0, 0.05) is 0 Å². The molecule has 37 valence electrons. The molecular weight excluding hydrogens is 318 g/mol. The van der Waals surface area contributed by atoms with Crippen LogP contribution >= 0.6 is 18.5 Å². The van der Waals surface area contributed by atoms with Crippen molar-refractivity contribution < 1.29 is 13.2 Å². The summed E-state index contributed by atoms with van der Waals surface area (Å²) in [5.41, 5.74) is 0. The zero-order valence-corrected chi connectivity index (χ0v) is 7.17. The van der Waals surface area contributed by atoms with Gasteiger partial charge in [-0.1, -0.05) is 0 Å². The molecular formula is CF3ISb. The van der Waals surface area contributed by atoms with Crippen LogP contribution in [0.25, 0.3) is 0 Å². The predicted octanol–water partition coefficient (Wildman–Crippen LogP) is 1.56. The summed E-state index contributed by atoms with van der Waals surface area (Å²) >= 11 is -0.440. The normalized spacial score (nSPS) is 12.0. The second kappa shape index (κ2) is 2.60. The van der Waals surface area contributed by atoms with Gasteiger partial charge < -0.3 is 0 Å². The third-order valence-corrected chi connectivity index (χ3v) is 4.31. The number of hydrogen-bond acceptors (Lipinski definition) is 0. The van der Waals surface area contributed by atoms with Crippen molar-refractivity contribution in [2.45, 2.75) is 4.12 Å². The molecule has 0 aromatic rings. The average Bonchev–Trinajstić information content (AvgIpc) is 1.35. The molecule has 0 aliphatic rings. The Morgan fingerprint density at radius 1 is 1.33 bits per heavy atom. The topological polar surface area (TPSA) is 0 Å². The van der Waals surface area contributed by atoms with E-state index in [2.05, 4.69) is 0 Å². The van der Waals surface area contributed by atoms with Crippen LogP contribution in [0.1, 0.15) is 0 Å². The van der Waals surface area contributed by atoms with Crippen molar-refractivity contribution in [3.05, 3.63) is 0 Å². The molecule has 0 saturated carbocycles. The van der Waals surface area contributed by atoms with Crippen LogP contribution in [-0.2, 0) is 0 Å². The molecule has 0 aliphatic heterocycles. The summed E-state index contributed by atoms with van der Waals surface area (Å²) in [4.78, 5) is 0. The Balaban J connectivity index is 3.17. The first-order chi connectivity index (χ1) is 2.56. The number of alkyl halides is 3. The van der Waals surface area contributed by atoms with Gasteiger partial charge in [-0.3, -0.25) is 0 Å². The zero-order valence-electron chi connectivity index (χ0n) is 2.46. The molecule has 6 heavy (non-hydrogen) atoms. The molecule has 0 bridgehead atoms. The van der Waals surface area contributed by atoms with Crippen LogP contribution < -0.4 is 0 Å². The summed E-state index contributed by atoms with van der Waals surface area (Å²) in [6, 6.07) is 0. The zero-order chi connectivity index (χ0) is 5.21. The Morgan fingerprint density at radius 2 is 1.50 bits per heavy atom. The molecule has 1 radical (unpaired) electrons. The van der Waals surface area contributed by atoms with Gasteiger partial charge in [0.15, 0.2) is 0 Å². The van der Waals surface area contributed by atoms with Crippen LogP contribution in [0.4, 0.5) is 13.2 Å². The van der Waals surface area contributed by atoms with E-state index < -0.39 is 21.7 Å². The Kier molecular flexibility index (Phi) is 3.18. The molecule has 0 unspecified atom stereocenters. The van der Waals surface area contributed by atoms with E-state index in [0.717, 1.165) is 0 Å². The van der Waals surface area contributed by atoms with Crippen LogP contribution in [0.15, 0.2) is 0 Å². The van der Waals surface area contributed by atoms with Gasteiger partial charge in [0.1, 0.15) is 0 Å². The van der Waals surface area contributed by atoms with E-state index in [4.69, 9.17) is 0 Å². The fraction of sp³-hybridized carbons (Fsp3) is 1.00. The first-order valence-corrected chi connectivity index (χ1v) is 9.67. The van der Waals surface area contributed by atoms with Crippen molar-refractivity contribution in [1.82, 2.24) is 0 Å². The van der Waals surface area contributed by atoms with Gasteiger partial charge >= 0.3 is 53.4 Å². The Morgan fingerprint density at radius 3 is 1.50 bits per heavy atom. The molecule has 0 nitrogen and oxygen atoms in total. The molecule has 0 heterocycles. The molecule has 0 aromatic carbocycles. The van der Waals surface area contributed by atoms with Gasteiger partial charge in [-0.2, -0.15) is 0 Å². The Labute approximate surface area is 53.1 Å². The monoisotopic (exact) mass is 317 g/mol. The molecule has 0 N–H and O–H groups in total. The van der Waals surface area contributed by atoms with E-state index in [9.17, 15) is 13.2 Å². The van der Waals surface area contributed by atoms with Crippen molar-refractivity contribution in [2.24, 2.45) is 0 Å². The Bertz CT molecular complexity index is 40.5. The van der Waals surface area contributed by atoms with E-state index in [-0.39, 0.29) is 0 Å². The third-order valence-electron chi connectivity index (χ3n) is 0.0958. The summed E-state index contributed by atoms with van der Waals surface area (Å²) < 4.78 is 28.7. The second-order valence-corrected chi connectivity index (χ2v) is 5.72. The van der Waals surface area contributed by atoms with E-state index in [1.165, 1.54) is 18.5 Å². The van der Waals surface area contributed by atoms with E-state index in [1.54, 1.807) is 0 Å². The van der Waals surface area contributed by atoms with E-state index >= 15 is 0 Å². The van der Waals surface area contributed by atoms with Gasteiger partial charge in [0.05, 0.1) is 0 Å². The molecule has 0 aromatic heterocycles. The van der Waals surface area contributed by atoms with Crippen molar-refractivity contribution in [1.29, 1.82) is 0 Å². The fourth-order valence-corrected chi connectivity index (χ4v) is 0. The summed E-state index contributed by atoms with van der Waals surface area (Å²) in [6.45, 7) is 0. The fourth-order valence-electron chi connectivity index (χ4n) is 0. The summed E-state index contributed by atoms with van der Waals surface area (Å²) in [7, 11) is 0. The van der Waals surface area contributed by atoms with Gasteiger partial charge in [-0.05, 0) is 0 Å². The van der Waals surface area contributed by atoms with Gasteiger partial charge in [-0.25, -0.2) is 0 Å². The minimum atomic E-state index is -3.82. The number of halogens is 4. The van der Waals surface area contributed by atoms with Gasteiger partial charge in [0.25, 0.3) is 0 Å². The molecule has 0 spiro atoms. The second-order valence-electron chi connectivity index (χ2n) is 0.552. The van der Waals surface area contributed by atoms with Gasteiger partial charge in [-0.15, -0.1) is 0 Å². The van der Waals surface area contributed by atoms with E-state index in [1.807, 2.05) is 0 Å². The quantitative estimate of drug-likeness (QED) is 0.470. The molecule has 5 heteroatoms. The van der Waals surface area contributed by atoms with Crippen molar-refractivity contribution in [3.63, 3.8) is 0 Å². The van der Waals surface area contributed by atoms with Crippen LogP contribution in [0, 0.1) is 0 Å². The first-order valence-electron chi connectivity index (χ1n) is 0.960. The van der Waals surface area contributed by atoms with Crippen LogP contribution in [0.3, 0.4) is 0 Å². The van der Waals surface area contributed by atoms with Crippen molar-refractivity contribution in [3.8, 4) is 0 Å². The standard InChI is InChI=1S/CF3.HI.Sb/c2-1(3)4;;/h;1H;/q;;+1/p-1. The third kappa shape index (κ3) is 5.34. The van der Waals surface area contributed by atoms with Crippen LogP contribution in [-0.4, -0.2) is 21.7 Å². The molecule has 0 rings (SSSR count). The van der Waals surface area contributed by atoms with Crippen LogP contribution in [0.2, 0.25) is 0 Å². The molecule has 0 atom stereocenters. The van der Waals surface area contributed by atoms with Gasteiger partial charge in [0.2, 0.25) is 0 Å². The summed E-state index contributed by atoms with van der Waals surface area (Å²) in [5, 5.41) is 0.